The van der Waals surface area contributed by atoms with Crippen LogP contribution in [0.2, 0.25) is 0 Å². The molecule has 0 atom stereocenters. The zero-order valence-electron chi connectivity index (χ0n) is 10.5. The maximum Gasteiger partial charge on any atom is 0.411 e. The van der Waals surface area contributed by atoms with E-state index in [-0.39, 0.29) is 6.61 Å². The fraction of sp³-hybridized carbons (Fsp3) is 0.143. The van der Waals surface area contributed by atoms with Crippen LogP contribution in [-0.4, -0.2) is 18.2 Å². The van der Waals surface area contributed by atoms with E-state index >= 15 is 0 Å². The summed E-state index contributed by atoms with van der Waals surface area (Å²) in [6.45, 7) is 0.231. The van der Waals surface area contributed by atoms with Gasteiger partial charge in [-0.25, -0.2) is 9.78 Å². The number of rotatable bonds is 4. The number of nitrogens with one attached hydrogen (secondary N) is 1. The predicted molar refractivity (Wildman–Crippen MR) is 71.0 cm³/mol. The fourth-order valence-electron chi connectivity index (χ4n) is 1.48. The molecule has 0 radical (unpaired) electrons. The van der Waals surface area contributed by atoms with Crippen molar-refractivity contribution in [3.63, 3.8) is 0 Å². The van der Waals surface area contributed by atoms with Crippen LogP contribution in [0, 0.1) is 0 Å². The lowest BCUT2D eigenvalue weighted by molar-refractivity contribution is 0.155. The smallest absolute Gasteiger partial charge is 0.411 e. The van der Waals surface area contributed by atoms with Crippen molar-refractivity contribution in [1.82, 2.24) is 4.98 Å². The highest BCUT2D eigenvalue weighted by atomic mass is 16.5. The Bertz CT molecular complexity index is 543. The molecule has 1 aromatic carbocycles. The van der Waals surface area contributed by atoms with E-state index in [1.165, 1.54) is 7.11 Å². The molecule has 2 rings (SSSR count). The van der Waals surface area contributed by atoms with E-state index in [1.54, 1.807) is 18.3 Å². The molecule has 1 N–H and O–H groups in total. The van der Waals surface area contributed by atoms with Crippen LogP contribution in [0.15, 0.2) is 48.7 Å². The summed E-state index contributed by atoms with van der Waals surface area (Å²) in [6, 6.07) is 12.8. The average Bonchev–Trinajstić information content (AvgIpc) is 2.46. The van der Waals surface area contributed by atoms with E-state index < -0.39 is 6.09 Å². The van der Waals surface area contributed by atoms with Crippen LogP contribution in [0.4, 0.5) is 10.5 Å². The molecule has 1 aromatic heterocycles. The number of hydrogen-bond acceptors (Lipinski definition) is 4. The molecule has 0 saturated carbocycles. The summed E-state index contributed by atoms with van der Waals surface area (Å²) in [7, 11) is 1.51. The molecule has 0 bridgehead atoms. The summed E-state index contributed by atoms with van der Waals surface area (Å²) >= 11 is 0. The Balaban J connectivity index is 1.87. The van der Waals surface area contributed by atoms with E-state index in [2.05, 4.69) is 10.3 Å². The molecule has 0 spiro atoms. The molecule has 1 amide bonds. The first kappa shape index (κ1) is 12.9. The van der Waals surface area contributed by atoms with Gasteiger partial charge in [0.1, 0.15) is 6.61 Å². The van der Waals surface area contributed by atoms with E-state index in [9.17, 15) is 4.79 Å². The maximum atomic E-state index is 11.6. The van der Waals surface area contributed by atoms with Crippen molar-refractivity contribution in [1.29, 1.82) is 0 Å². The highest BCUT2D eigenvalue weighted by Gasteiger charge is 2.04. The predicted octanol–water partition coefficient (Wildman–Crippen LogP) is 2.84. The summed E-state index contributed by atoms with van der Waals surface area (Å²) in [6.07, 6.45) is 1.03. The third-order valence-corrected chi connectivity index (χ3v) is 2.40. The van der Waals surface area contributed by atoms with Gasteiger partial charge in [0.2, 0.25) is 5.88 Å². The molecule has 0 aliphatic heterocycles. The van der Waals surface area contributed by atoms with Gasteiger partial charge in [0.25, 0.3) is 0 Å². The second-order valence-electron chi connectivity index (χ2n) is 3.77. The SMILES string of the molecule is COc1cc(NC(=O)OCc2ccccc2)ccn1. The lowest BCUT2D eigenvalue weighted by atomic mass is 10.2. The summed E-state index contributed by atoms with van der Waals surface area (Å²) in [5.74, 6) is 0.431. The number of carbonyl (C=O) groups is 1. The molecule has 0 saturated heterocycles. The number of methoxy groups -OCH3 is 1. The second kappa shape index (κ2) is 6.39. The highest BCUT2D eigenvalue weighted by Crippen LogP contribution is 2.13. The van der Waals surface area contributed by atoms with Crippen molar-refractivity contribution in [2.24, 2.45) is 0 Å². The normalized spacial score (nSPS) is 9.74. The van der Waals surface area contributed by atoms with E-state index in [4.69, 9.17) is 9.47 Å². The quantitative estimate of drug-likeness (QED) is 0.916. The molecule has 0 aliphatic rings. The molecule has 5 heteroatoms. The van der Waals surface area contributed by atoms with Gasteiger partial charge in [-0.05, 0) is 11.6 Å². The summed E-state index contributed by atoms with van der Waals surface area (Å²) in [5.41, 5.74) is 1.51. The first-order valence-corrected chi connectivity index (χ1v) is 5.75. The third-order valence-electron chi connectivity index (χ3n) is 2.40. The Morgan fingerprint density at radius 2 is 2.05 bits per heavy atom. The molecule has 5 nitrogen and oxygen atoms in total. The number of hydrogen-bond donors (Lipinski definition) is 1. The van der Waals surface area contributed by atoms with Crippen molar-refractivity contribution in [2.45, 2.75) is 6.61 Å². The molecule has 0 unspecified atom stereocenters. The Morgan fingerprint density at radius 3 is 2.79 bits per heavy atom. The van der Waals surface area contributed by atoms with Crippen LogP contribution in [0.3, 0.4) is 0 Å². The van der Waals surface area contributed by atoms with Crippen molar-refractivity contribution >= 4 is 11.8 Å². The lowest BCUT2D eigenvalue weighted by Crippen LogP contribution is -2.13. The van der Waals surface area contributed by atoms with Gasteiger partial charge in [-0.1, -0.05) is 30.3 Å². The number of ether oxygens (including phenoxy) is 2. The van der Waals surface area contributed by atoms with Gasteiger partial charge in [-0.2, -0.15) is 0 Å². The van der Waals surface area contributed by atoms with Crippen molar-refractivity contribution in [2.75, 3.05) is 12.4 Å². The zero-order valence-corrected chi connectivity index (χ0v) is 10.5. The number of pyridine rings is 1. The minimum atomic E-state index is -0.517. The summed E-state index contributed by atoms with van der Waals surface area (Å²) in [4.78, 5) is 15.5. The largest absolute Gasteiger partial charge is 0.481 e. The zero-order chi connectivity index (χ0) is 13.5. The van der Waals surface area contributed by atoms with Crippen molar-refractivity contribution in [3.8, 4) is 5.88 Å². The number of carbonyl (C=O) groups excluding carboxylic acids is 1. The van der Waals surface area contributed by atoms with Crippen LogP contribution in [0.25, 0.3) is 0 Å². The van der Waals surface area contributed by atoms with Crippen LogP contribution in [-0.2, 0) is 11.3 Å². The van der Waals surface area contributed by atoms with Crippen LogP contribution in [0.1, 0.15) is 5.56 Å². The molecule has 2 aromatic rings. The van der Waals surface area contributed by atoms with Gasteiger partial charge in [0, 0.05) is 12.3 Å². The van der Waals surface area contributed by atoms with Crippen molar-refractivity contribution < 1.29 is 14.3 Å². The minimum Gasteiger partial charge on any atom is -0.481 e. The fourth-order valence-corrected chi connectivity index (χ4v) is 1.48. The van der Waals surface area contributed by atoms with Crippen LogP contribution >= 0.6 is 0 Å². The van der Waals surface area contributed by atoms with Gasteiger partial charge in [-0.15, -0.1) is 0 Å². The molecule has 19 heavy (non-hydrogen) atoms. The van der Waals surface area contributed by atoms with Crippen LogP contribution < -0.4 is 10.1 Å². The molecular formula is C14H14N2O3. The third kappa shape index (κ3) is 3.99. The number of anilines is 1. The summed E-state index contributed by atoms with van der Waals surface area (Å²) < 4.78 is 10.1. The molecular weight excluding hydrogens is 244 g/mol. The van der Waals surface area contributed by atoms with Crippen molar-refractivity contribution in [3.05, 3.63) is 54.2 Å². The molecule has 1 heterocycles. The number of nitrogens with zero attached hydrogens (tertiary/aromatic N) is 1. The molecule has 98 valence electrons. The van der Waals surface area contributed by atoms with Gasteiger partial charge in [0.15, 0.2) is 0 Å². The molecule has 0 fully saturated rings. The van der Waals surface area contributed by atoms with Gasteiger partial charge in [-0.3, -0.25) is 5.32 Å². The topological polar surface area (TPSA) is 60.5 Å². The number of aromatic nitrogens is 1. The standard InChI is InChI=1S/C14H14N2O3/c1-18-13-9-12(7-8-15-13)16-14(17)19-10-11-5-3-2-4-6-11/h2-9H,10H2,1H3,(H,15,16,17). The van der Waals surface area contributed by atoms with Gasteiger partial charge < -0.3 is 9.47 Å². The number of amides is 1. The minimum absolute atomic E-state index is 0.231. The average molecular weight is 258 g/mol. The number of benzene rings is 1. The Kier molecular flexibility index (Phi) is 4.34. The Labute approximate surface area is 111 Å². The van der Waals surface area contributed by atoms with Crippen LogP contribution in [0.5, 0.6) is 5.88 Å². The first-order valence-electron chi connectivity index (χ1n) is 5.75. The van der Waals surface area contributed by atoms with Gasteiger partial charge >= 0.3 is 6.09 Å². The lowest BCUT2D eigenvalue weighted by Gasteiger charge is -2.07. The van der Waals surface area contributed by atoms with E-state index in [1.807, 2.05) is 30.3 Å². The van der Waals surface area contributed by atoms with Gasteiger partial charge in [0.05, 0.1) is 12.8 Å². The Morgan fingerprint density at radius 1 is 1.26 bits per heavy atom. The van der Waals surface area contributed by atoms with E-state index in [0.29, 0.717) is 11.6 Å². The highest BCUT2D eigenvalue weighted by molar-refractivity contribution is 5.84. The summed E-state index contributed by atoms with van der Waals surface area (Å²) in [5, 5.41) is 2.61. The first-order chi connectivity index (χ1) is 9.28. The monoisotopic (exact) mass is 258 g/mol. The molecule has 0 aliphatic carbocycles. The second-order valence-corrected chi connectivity index (χ2v) is 3.77. The van der Waals surface area contributed by atoms with E-state index in [0.717, 1.165) is 5.56 Å². The Hall–Kier alpha value is -2.56. The maximum absolute atomic E-state index is 11.6.